The van der Waals surface area contributed by atoms with E-state index in [0.717, 1.165) is 11.5 Å². The Bertz CT molecular complexity index is 642. The number of carbonyl (C=O) groups is 1. The number of anilines is 1. The number of nitrogens with zero attached hydrogens (tertiary/aromatic N) is 2. The molecule has 1 aromatic carbocycles. The van der Waals surface area contributed by atoms with E-state index in [9.17, 15) is 4.79 Å². The highest BCUT2D eigenvalue weighted by Crippen LogP contribution is 2.34. The van der Waals surface area contributed by atoms with Gasteiger partial charge in [-0.2, -0.15) is 5.10 Å². The number of carbonyl (C=O) groups excluding carboxylic acids is 1. The first-order valence-corrected chi connectivity index (χ1v) is 7.62. The minimum Gasteiger partial charge on any atom is -0.307 e. The smallest absolute Gasteiger partial charge is 0.256 e. The second-order valence-electron chi connectivity index (χ2n) is 5.52. The molecule has 0 atom stereocenters. The van der Waals surface area contributed by atoms with Gasteiger partial charge >= 0.3 is 0 Å². The van der Waals surface area contributed by atoms with Gasteiger partial charge in [0.25, 0.3) is 5.91 Å². The number of aromatic nitrogens is 2. The fourth-order valence-corrected chi connectivity index (χ4v) is 2.94. The van der Waals surface area contributed by atoms with Crippen LogP contribution in [0.4, 0.5) is 5.82 Å². The molecular formula is C16H18ClN3O. The monoisotopic (exact) mass is 303 g/mol. The van der Waals surface area contributed by atoms with Crippen molar-refractivity contribution in [1.29, 1.82) is 0 Å². The van der Waals surface area contributed by atoms with Crippen molar-refractivity contribution in [2.24, 2.45) is 7.05 Å². The minimum absolute atomic E-state index is 0.146. The van der Waals surface area contributed by atoms with Gasteiger partial charge < -0.3 is 5.32 Å². The van der Waals surface area contributed by atoms with Crippen LogP contribution in [0, 0.1) is 0 Å². The number of hydrogen-bond donors (Lipinski definition) is 1. The Hall–Kier alpha value is -1.81. The zero-order valence-electron chi connectivity index (χ0n) is 12.0. The van der Waals surface area contributed by atoms with E-state index < -0.39 is 0 Å². The zero-order valence-corrected chi connectivity index (χ0v) is 12.7. The third-order valence-corrected chi connectivity index (χ3v) is 4.27. The van der Waals surface area contributed by atoms with Gasteiger partial charge in [0.15, 0.2) is 0 Å². The van der Waals surface area contributed by atoms with Gasteiger partial charge in [-0.3, -0.25) is 9.48 Å². The van der Waals surface area contributed by atoms with Gasteiger partial charge in [0.2, 0.25) is 0 Å². The lowest BCUT2D eigenvalue weighted by Gasteiger charge is -2.04. The molecule has 4 nitrogen and oxygen atoms in total. The van der Waals surface area contributed by atoms with Crippen LogP contribution in [0.1, 0.15) is 47.7 Å². The standard InChI is InChI=1S/C16H18ClN3O/c1-20-15(10-14(19-20)11-4-2-3-5-11)18-16(21)12-6-8-13(17)9-7-12/h6-11H,2-5H2,1H3,(H,18,21). The summed E-state index contributed by atoms with van der Waals surface area (Å²) < 4.78 is 1.74. The van der Waals surface area contributed by atoms with Crippen molar-refractivity contribution in [3.63, 3.8) is 0 Å². The number of hydrogen-bond acceptors (Lipinski definition) is 2. The Labute approximate surface area is 129 Å². The summed E-state index contributed by atoms with van der Waals surface area (Å²) in [4.78, 5) is 12.2. The SMILES string of the molecule is Cn1nc(C2CCCC2)cc1NC(=O)c1ccc(Cl)cc1. The van der Waals surface area contributed by atoms with Gasteiger partial charge in [0, 0.05) is 29.6 Å². The first kappa shape index (κ1) is 14.1. The Balaban J connectivity index is 1.75. The molecule has 21 heavy (non-hydrogen) atoms. The molecule has 0 radical (unpaired) electrons. The van der Waals surface area contributed by atoms with Crippen LogP contribution in [-0.2, 0) is 7.05 Å². The minimum atomic E-state index is -0.146. The lowest BCUT2D eigenvalue weighted by atomic mass is 10.0. The summed E-state index contributed by atoms with van der Waals surface area (Å²) in [5.74, 6) is 1.13. The highest BCUT2D eigenvalue weighted by Gasteiger charge is 2.21. The maximum atomic E-state index is 12.2. The highest BCUT2D eigenvalue weighted by molar-refractivity contribution is 6.30. The van der Waals surface area contributed by atoms with Crippen molar-refractivity contribution in [2.75, 3.05) is 5.32 Å². The van der Waals surface area contributed by atoms with E-state index in [1.165, 1.54) is 25.7 Å². The van der Waals surface area contributed by atoms with Gasteiger partial charge in [-0.1, -0.05) is 24.4 Å². The zero-order chi connectivity index (χ0) is 14.8. The Kier molecular flexibility index (Phi) is 3.97. The molecule has 0 unspecified atom stereocenters. The highest BCUT2D eigenvalue weighted by atomic mass is 35.5. The molecule has 1 heterocycles. The molecule has 1 saturated carbocycles. The summed E-state index contributed by atoms with van der Waals surface area (Å²) in [5.41, 5.74) is 1.67. The second kappa shape index (κ2) is 5.90. The summed E-state index contributed by atoms with van der Waals surface area (Å²) in [7, 11) is 1.86. The van der Waals surface area contributed by atoms with Crippen LogP contribution in [0.15, 0.2) is 30.3 Å². The molecule has 1 aromatic heterocycles. The Morgan fingerprint density at radius 2 is 1.95 bits per heavy atom. The van der Waals surface area contributed by atoms with Crippen LogP contribution in [0.5, 0.6) is 0 Å². The van der Waals surface area contributed by atoms with Crippen LogP contribution in [-0.4, -0.2) is 15.7 Å². The van der Waals surface area contributed by atoms with E-state index in [4.69, 9.17) is 11.6 Å². The van der Waals surface area contributed by atoms with Gasteiger partial charge in [0.1, 0.15) is 5.82 Å². The molecule has 0 spiro atoms. The van der Waals surface area contributed by atoms with Crippen molar-refractivity contribution < 1.29 is 4.79 Å². The van der Waals surface area contributed by atoms with E-state index in [2.05, 4.69) is 10.4 Å². The number of rotatable bonds is 3. The topological polar surface area (TPSA) is 46.9 Å². The quantitative estimate of drug-likeness (QED) is 0.932. The molecule has 2 aromatic rings. The van der Waals surface area contributed by atoms with Gasteiger partial charge in [0.05, 0.1) is 5.69 Å². The van der Waals surface area contributed by atoms with Gasteiger partial charge in [-0.05, 0) is 37.1 Å². The summed E-state index contributed by atoms with van der Waals surface area (Å²) >= 11 is 5.83. The van der Waals surface area contributed by atoms with E-state index in [1.807, 2.05) is 13.1 Å². The van der Waals surface area contributed by atoms with Crippen molar-refractivity contribution in [3.05, 3.63) is 46.6 Å². The van der Waals surface area contributed by atoms with Gasteiger partial charge in [-0.15, -0.1) is 0 Å². The number of aryl methyl sites for hydroxylation is 1. The molecule has 5 heteroatoms. The molecule has 3 rings (SSSR count). The molecule has 1 N–H and O–H groups in total. The number of amides is 1. The normalized spacial score (nSPS) is 15.3. The fraction of sp³-hybridized carbons (Fsp3) is 0.375. The van der Waals surface area contributed by atoms with Crippen LogP contribution < -0.4 is 5.32 Å². The van der Waals surface area contributed by atoms with Crippen molar-refractivity contribution in [2.45, 2.75) is 31.6 Å². The largest absolute Gasteiger partial charge is 0.307 e. The molecule has 0 saturated heterocycles. The van der Waals surface area contributed by atoms with Gasteiger partial charge in [-0.25, -0.2) is 0 Å². The first-order chi connectivity index (χ1) is 10.1. The van der Waals surface area contributed by atoms with Crippen molar-refractivity contribution in [3.8, 4) is 0 Å². The molecule has 1 aliphatic carbocycles. The number of halogens is 1. The lowest BCUT2D eigenvalue weighted by Crippen LogP contribution is -2.14. The van der Waals surface area contributed by atoms with Crippen LogP contribution >= 0.6 is 11.6 Å². The van der Waals surface area contributed by atoms with E-state index in [-0.39, 0.29) is 5.91 Å². The summed E-state index contributed by atoms with van der Waals surface area (Å²) in [6.07, 6.45) is 4.94. The van der Waals surface area contributed by atoms with Crippen LogP contribution in [0.2, 0.25) is 5.02 Å². The molecule has 1 aliphatic rings. The Morgan fingerprint density at radius 3 is 2.62 bits per heavy atom. The second-order valence-corrected chi connectivity index (χ2v) is 5.96. The predicted molar refractivity (Wildman–Crippen MR) is 83.8 cm³/mol. The van der Waals surface area contributed by atoms with Crippen LogP contribution in [0.25, 0.3) is 0 Å². The third-order valence-electron chi connectivity index (χ3n) is 4.02. The van der Waals surface area contributed by atoms with Crippen molar-refractivity contribution in [1.82, 2.24) is 9.78 Å². The molecular weight excluding hydrogens is 286 g/mol. The third kappa shape index (κ3) is 3.10. The fourth-order valence-electron chi connectivity index (χ4n) is 2.82. The average molecular weight is 304 g/mol. The van der Waals surface area contributed by atoms with E-state index in [1.54, 1.807) is 28.9 Å². The lowest BCUT2D eigenvalue weighted by molar-refractivity contribution is 0.102. The van der Waals surface area contributed by atoms with Crippen molar-refractivity contribution >= 4 is 23.3 Å². The predicted octanol–water partition coefficient (Wildman–Crippen LogP) is 3.98. The molecule has 1 fully saturated rings. The maximum Gasteiger partial charge on any atom is 0.256 e. The summed E-state index contributed by atoms with van der Waals surface area (Å²) in [5, 5.41) is 8.06. The number of nitrogens with one attached hydrogen (secondary N) is 1. The molecule has 0 aliphatic heterocycles. The molecule has 0 bridgehead atoms. The Morgan fingerprint density at radius 1 is 1.29 bits per heavy atom. The van der Waals surface area contributed by atoms with Crippen LogP contribution in [0.3, 0.4) is 0 Å². The summed E-state index contributed by atoms with van der Waals surface area (Å²) in [6, 6.07) is 8.84. The average Bonchev–Trinajstić information content (AvgIpc) is 3.10. The maximum absolute atomic E-state index is 12.2. The molecule has 1 amide bonds. The van der Waals surface area contributed by atoms with E-state index in [0.29, 0.717) is 16.5 Å². The summed E-state index contributed by atoms with van der Waals surface area (Å²) in [6.45, 7) is 0. The van der Waals surface area contributed by atoms with E-state index >= 15 is 0 Å². The molecule has 110 valence electrons. The number of benzene rings is 1. The first-order valence-electron chi connectivity index (χ1n) is 7.24.